The second kappa shape index (κ2) is 3.64. The molecule has 0 aliphatic heterocycles. The molecule has 2 heterocycles. The van der Waals surface area contributed by atoms with Crippen molar-refractivity contribution in [2.75, 3.05) is 6.61 Å². The van der Waals surface area contributed by atoms with Gasteiger partial charge in [-0.05, 0) is 19.3 Å². The van der Waals surface area contributed by atoms with Crippen LogP contribution in [0.25, 0.3) is 5.13 Å². The van der Waals surface area contributed by atoms with Crippen molar-refractivity contribution >= 4 is 11.3 Å². The fourth-order valence-electron chi connectivity index (χ4n) is 1.80. The van der Waals surface area contributed by atoms with E-state index in [0.717, 1.165) is 22.1 Å². The minimum Gasteiger partial charge on any atom is -0.396 e. The molecular weight excluding hydrogens is 224 g/mol. The minimum absolute atomic E-state index is 0.244. The Hall–Kier alpha value is -1.27. The van der Waals surface area contributed by atoms with E-state index in [1.54, 1.807) is 16.0 Å². The highest BCUT2D eigenvalue weighted by molar-refractivity contribution is 7.13. The summed E-state index contributed by atoms with van der Waals surface area (Å²) in [7, 11) is 0. The standard InChI is InChI=1S/C10H12N4OS/c1-6-3-11-10(16-6)14-4-9(12-13-14)8-2-7(8)5-15/h3-4,7-8,15H,2,5H2,1H3/t7-,8-/m1/s1. The molecule has 16 heavy (non-hydrogen) atoms. The first kappa shape index (κ1) is 9.92. The van der Waals surface area contributed by atoms with Gasteiger partial charge in [-0.2, -0.15) is 4.68 Å². The zero-order valence-electron chi connectivity index (χ0n) is 8.87. The van der Waals surface area contributed by atoms with Crippen molar-refractivity contribution in [3.8, 4) is 5.13 Å². The van der Waals surface area contributed by atoms with Crippen LogP contribution < -0.4 is 0 Å². The van der Waals surface area contributed by atoms with E-state index in [1.807, 2.05) is 19.3 Å². The summed E-state index contributed by atoms with van der Waals surface area (Å²) in [5.41, 5.74) is 0.965. The van der Waals surface area contributed by atoms with Crippen LogP contribution in [-0.2, 0) is 0 Å². The van der Waals surface area contributed by atoms with E-state index in [0.29, 0.717) is 11.8 Å². The fraction of sp³-hybridized carbons (Fsp3) is 0.500. The first-order valence-electron chi connectivity index (χ1n) is 5.24. The number of aromatic nitrogens is 4. The third-order valence-electron chi connectivity index (χ3n) is 2.85. The van der Waals surface area contributed by atoms with Crippen LogP contribution in [0.2, 0.25) is 0 Å². The number of aliphatic hydroxyl groups excluding tert-OH is 1. The van der Waals surface area contributed by atoms with E-state index in [2.05, 4.69) is 15.3 Å². The number of nitrogens with zero attached hydrogens (tertiary/aromatic N) is 4. The summed E-state index contributed by atoms with van der Waals surface area (Å²) in [6.45, 7) is 2.26. The lowest BCUT2D eigenvalue weighted by Crippen LogP contribution is -1.92. The van der Waals surface area contributed by atoms with Gasteiger partial charge in [0, 0.05) is 23.6 Å². The van der Waals surface area contributed by atoms with Gasteiger partial charge in [0.1, 0.15) is 0 Å². The van der Waals surface area contributed by atoms with Crippen LogP contribution in [0.4, 0.5) is 0 Å². The summed E-state index contributed by atoms with van der Waals surface area (Å²) in [6.07, 6.45) is 4.76. The smallest absolute Gasteiger partial charge is 0.211 e. The largest absolute Gasteiger partial charge is 0.396 e. The molecular formula is C10H12N4OS. The number of aliphatic hydroxyl groups is 1. The van der Waals surface area contributed by atoms with Crippen LogP contribution in [-0.4, -0.2) is 31.7 Å². The Labute approximate surface area is 96.8 Å². The molecule has 3 rings (SSSR count). The van der Waals surface area contributed by atoms with Gasteiger partial charge in [-0.25, -0.2) is 4.98 Å². The third-order valence-corrected chi connectivity index (χ3v) is 3.76. The Kier molecular flexibility index (Phi) is 2.26. The molecule has 6 heteroatoms. The van der Waals surface area contributed by atoms with Gasteiger partial charge in [0.25, 0.3) is 0 Å². The van der Waals surface area contributed by atoms with Gasteiger partial charge >= 0.3 is 0 Å². The molecule has 1 aliphatic rings. The van der Waals surface area contributed by atoms with Gasteiger partial charge in [-0.3, -0.25) is 0 Å². The average molecular weight is 236 g/mol. The van der Waals surface area contributed by atoms with E-state index in [4.69, 9.17) is 5.11 Å². The third kappa shape index (κ3) is 1.64. The SMILES string of the molecule is Cc1cnc(-n2cc([C@@H]3C[C@@H]3CO)nn2)s1. The van der Waals surface area contributed by atoms with Crippen LogP contribution in [0.3, 0.4) is 0 Å². The summed E-state index contributed by atoms with van der Waals surface area (Å²) in [6, 6.07) is 0. The highest BCUT2D eigenvalue weighted by Crippen LogP contribution is 2.46. The summed E-state index contributed by atoms with van der Waals surface area (Å²) in [4.78, 5) is 5.41. The van der Waals surface area contributed by atoms with Crippen LogP contribution in [0, 0.1) is 12.8 Å². The number of rotatable bonds is 3. The molecule has 1 N–H and O–H groups in total. The van der Waals surface area contributed by atoms with Gasteiger partial charge in [0.2, 0.25) is 5.13 Å². The van der Waals surface area contributed by atoms with Gasteiger partial charge in [0.05, 0.1) is 11.9 Å². The van der Waals surface area contributed by atoms with Gasteiger partial charge < -0.3 is 5.11 Å². The number of aryl methyl sites for hydroxylation is 1. The van der Waals surface area contributed by atoms with E-state index >= 15 is 0 Å². The average Bonchev–Trinajstić information content (AvgIpc) is 2.71. The lowest BCUT2D eigenvalue weighted by molar-refractivity contribution is 0.273. The molecule has 2 aromatic heterocycles. The van der Waals surface area contributed by atoms with Crippen LogP contribution in [0.1, 0.15) is 22.9 Å². The van der Waals surface area contributed by atoms with E-state index in [-0.39, 0.29) is 6.61 Å². The van der Waals surface area contributed by atoms with Crippen molar-refractivity contribution in [2.45, 2.75) is 19.3 Å². The Balaban J connectivity index is 1.83. The first-order chi connectivity index (χ1) is 7.78. The molecule has 84 valence electrons. The van der Waals surface area contributed by atoms with Crippen molar-refractivity contribution in [3.05, 3.63) is 23.0 Å². The molecule has 2 atom stereocenters. The summed E-state index contributed by atoms with van der Waals surface area (Å²) >= 11 is 1.59. The first-order valence-corrected chi connectivity index (χ1v) is 6.05. The molecule has 1 fully saturated rings. The van der Waals surface area contributed by atoms with E-state index < -0.39 is 0 Å². The zero-order valence-corrected chi connectivity index (χ0v) is 9.68. The van der Waals surface area contributed by atoms with E-state index in [1.165, 1.54) is 0 Å². The highest BCUT2D eigenvalue weighted by Gasteiger charge is 2.39. The van der Waals surface area contributed by atoms with E-state index in [9.17, 15) is 0 Å². The van der Waals surface area contributed by atoms with Crippen LogP contribution in [0.5, 0.6) is 0 Å². The summed E-state index contributed by atoms with van der Waals surface area (Å²) in [5.74, 6) is 0.767. The quantitative estimate of drug-likeness (QED) is 0.867. The van der Waals surface area contributed by atoms with Crippen molar-refractivity contribution in [1.29, 1.82) is 0 Å². The van der Waals surface area contributed by atoms with Crippen LogP contribution >= 0.6 is 11.3 Å². The monoisotopic (exact) mass is 236 g/mol. The highest BCUT2D eigenvalue weighted by atomic mass is 32.1. The summed E-state index contributed by atoms with van der Waals surface area (Å²) < 4.78 is 1.71. The van der Waals surface area contributed by atoms with Crippen molar-refractivity contribution in [2.24, 2.45) is 5.92 Å². The van der Waals surface area contributed by atoms with Crippen LogP contribution in [0.15, 0.2) is 12.4 Å². The van der Waals surface area contributed by atoms with Gasteiger partial charge in [-0.15, -0.1) is 16.4 Å². The van der Waals surface area contributed by atoms with Gasteiger partial charge in [-0.1, -0.05) is 5.21 Å². The molecule has 0 radical (unpaired) electrons. The molecule has 2 aromatic rings. The lowest BCUT2D eigenvalue weighted by Gasteiger charge is -1.90. The Morgan fingerprint density at radius 2 is 2.50 bits per heavy atom. The maximum atomic E-state index is 9.00. The topological polar surface area (TPSA) is 63.8 Å². The predicted molar refractivity (Wildman–Crippen MR) is 59.7 cm³/mol. The minimum atomic E-state index is 0.244. The molecule has 1 saturated carbocycles. The number of hydrogen-bond acceptors (Lipinski definition) is 5. The zero-order chi connectivity index (χ0) is 11.1. The molecule has 0 saturated heterocycles. The maximum Gasteiger partial charge on any atom is 0.211 e. The molecule has 0 spiro atoms. The lowest BCUT2D eigenvalue weighted by atomic mass is 10.2. The van der Waals surface area contributed by atoms with Crippen molar-refractivity contribution in [3.63, 3.8) is 0 Å². The normalized spacial score (nSPS) is 23.6. The second-order valence-electron chi connectivity index (χ2n) is 4.13. The second-order valence-corrected chi connectivity index (χ2v) is 5.34. The molecule has 0 aromatic carbocycles. The van der Waals surface area contributed by atoms with Crippen molar-refractivity contribution in [1.82, 2.24) is 20.0 Å². The molecule has 0 unspecified atom stereocenters. The molecule has 0 bridgehead atoms. The summed E-state index contributed by atoms with van der Waals surface area (Å²) in [5, 5.41) is 18.0. The Bertz CT molecular complexity index is 506. The molecule has 5 nitrogen and oxygen atoms in total. The maximum absolute atomic E-state index is 9.00. The number of thiazole rings is 1. The van der Waals surface area contributed by atoms with Crippen molar-refractivity contribution < 1.29 is 5.11 Å². The molecule has 1 aliphatic carbocycles. The fourth-order valence-corrected chi connectivity index (χ4v) is 2.48. The number of hydrogen-bond donors (Lipinski definition) is 1. The Morgan fingerprint density at radius 3 is 3.12 bits per heavy atom. The van der Waals surface area contributed by atoms with Gasteiger partial charge in [0.15, 0.2) is 0 Å². The predicted octanol–water partition coefficient (Wildman–Crippen LogP) is 1.13. The molecule has 0 amide bonds. The Morgan fingerprint density at radius 1 is 1.62 bits per heavy atom.